The van der Waals surface area contributed by atoms with Crippen molar-refractivity contribution in [3.8, 4) is 0 Å². The van der Waals surface area contributed by atoms with E-state index in [9.17, 15) is 4.79 Å². The molecule has 0 bridgehead atoms. The molecule has 1 aromatic rings. The average molecular weight is 323 g/mol. The van der Waals surface area contributed by atoms with E-state index in [1.54, 1.807) is 6.21 Å². The third-order valence-electron chi connectivity index (χ3n) is 3.19. The highest BCUT2D eigenvalue weighted by Gasteiger charge is 2.32. The van der Waals surface area contributed by atoms with E-state index < -0.39 is 0 Å². The van der Waals surface area contributed by atoms with E-state index in [0.717, 1.165) is 22.8 Å². The van der Waals surface area contributed by atoms with Crippen molar-refractivity contribution >= 4 is 41.3 Å². The second-order valence-corrected chi connectivity index (χ2v) is 8.74. The lowest BCUT2D eigenvalue weighted by molar-refractivity contribution is -0.121. The molecule has 0 atom stereocenters. The zero-order chi connectivity index (χ0) is 15.3. The molecule has 6 heteroatoms. The van der Waals surface area contributed by atoms with Crippen molar-refractivity contribution in [3.05, 3.63) is 29.8 Å². The van der Waals surface area contributed by atoms with Gasteiger partial charge in [0.05, 0.1) is 16.7 Å². The van der Waals surface area contributed by atoms with Gasteiger partial charge in [-0.2, -0.15) is 5.10 Å². The average Bonchev–Trinajstić information content (AvgIpc) is 2.85. The molecular weight excluding hydrogens is 302 g/mol. The van der Waals surface area contributed by atoms with Gasteiger partial charge in [-0.25, -0.2) is 5.43 Å². The third kappa shape index (κ3) is 4.97. The summed E-state index contributed by atoms with van der Waals surface area (Å²) >= 11 is 3.71. The molecule has 2 rings (SSSR count). The molecule has 1 aliphatic rings. The number of amides is 1. The van der Waals surface area contributed by atoms with Crippen LogP contribution in [0.3, 0.4) is 0 Å². The van der Waals surface area contributed by atoms with Crippen molar-refractivity contribution in [2.75, 3.05) is 30.5 Å². The predicted octanol–water partition coefficient (Wildman–Crippen LogP) is 2.79. The van der Waals surface area contributed by atoms with E-state index in [4.69, 9.17) is 0 Å². The van der Waals surface area contributed by atoms with Crippen molar-refractivity contribution in [1.29, 1.82) is 0 Å². The Labute approximate surface area is 134 Å². The summed E-state index contributed by atoms with van der Waals surface area (Å²) in [7, 11) is 4.01. The quantitative estimate of drug-likeness (QED) is 0.668. The highest BCUT2D eigenvalue weighted by Crippen LogP contribution is 2.45. The number of hydrazone groups is 1. The smallest absolute Gasteiger partial charge is 0.242 e. The maximum Gasteiger partial charge on any atom is 0.242 e. The van der Waals surface area contributed by atoms with Gasteiger partial charge < -0.3 is 4.90 Å². The van der Waals surface area contributed by atoms with Gasteiger partial charge in [0.25, 0.3) is 0 Å². The topological polar surface area (TPSA) is 44.7 Å². The van der Waals surface area contributed by atoms with Crippen LogP contribution in [0.1, 0.15) is 18.9 Å². The molecule has 0 aliphatic carbocycles. The Morgan fingerprint density at radius 3 is 2.52 bits per heavy atom. The number of hydrogen-bond acceptors (Lipinski definition) is 5. The Kier molecular flexibility index (Phi) is 5.58. The van der Waals surface area contributed by atoms with Crippen molar-refractivity contribution in [1.82, 2.24) is 5.43 Å². The Hall–Kier alpha value is -1.14. The molecule has 0 unspecified atom stereocenters. The van der Waals surface area contributed by atoms with Gasteiger partial charge in [-0.1, -0.05) is 12.1 Å². The molecule has 0 radical (unpaired) electrons. The summed E-state index contributed by atoms with van der Waals surface area (Å²) in [5.41, 5.74) is 4.72. The normalized spacial score (nSPS) is 17.1. The molecule has 114 valence electrons. The minimum Gasteiger partial charge on any atom is -0.378 e. The first-order valence-corrected chi connectivity index (χ1v) is 8.83. The lowest BCUT2D eigenvalue weighted by Gasteiger charge is -2.19. The second kappa shape index (κ2) is 7.22. The lowest BCUT2D eigenvalue weighted by Crippen LogP contribution is -2.26. The van der Waals surface area contributed by atoms with Gasteiger partial charge >= 0.3 is 0 Å². The molecule has 1 fully saturated rings. The van der Waals surface area contributed by atoms with Crippen LogP contribution in [0.15, 0.2) is 29.4 Å². The monoisotopic (exact) mass is 323 g/mol. The van der Waals surface area contributed by atoms with E-state index >= 15 is 0 Å². The fraction of sp³-hybridized carbons (Fsp3) is 0.467. The molecule has 0 aromatic heterocycles. The van der Waals surface area contributed by atoms with Crippen molar-refractivity contribution in [3.63, 3.8) is 0 Å². The molecule has 1 heterocycles. The number of nitrogens with one attached hydrogen (secondary N) is 1. The standard InChI is InChI=1S/C15H21N3OS2/c1-15(20-8-9-21-15)10-14(19)17-16-11-12-4-6-13(7-5-12)18(2)3/h4-7,11H,8-10H2,1-3H3,(H,17,19). The van der Waals surface area contributed by atoms with E-state index in [0.29, 0.717) is 6.42 Å². The first-order valence-electron chi connectivity index (χ1n) is 6.86. The molecule has 1 saturated heterocycles. The summed E-state index contributed by atoms with van der Waals surface area (Å²) < 4.78 is 0.00691. The van der Waals surface area contributed by atoms with Gasteiger partial charge in [0.1, 0.15) is 0 Å². The van der Waals surface area contributed by atoms with Crippen LogP contribution in [0.4, 0.5) is 5.69 Å². The lowest BCUT2D eigenvalue weighted by atomic mass is 10.2. The Morgan fingerprint density at radius 1 is 1.33 bits per heavy atom. The Morgan fingerprint density at radius 2 is 1.95 bits per heavy atom. The third-order valence-corrected chi connectivity index (χ3v) is 6.48. The van der Waals surface area contributed by atoms with Crippen LogP contribution < -0.4 is 10.3 Å². The van der Waals surface area contributed by atoms with Crippen molar-refractivity contribution < 1.29 is 4.79 Å². The maximum absolute atomic E-state index is 11.9. The molecule has 1 N–H and O–H groups in total. The Balaban J connectivity index is 1.82. The SMILES string of the molecule is CN(C)c1ccc(C=NNC(=O)CC2(C)SCCS2)cc1. The second-order valence-electron chi connectivity index (χ2n) is 5.29. The van der Waals surface area contributed by atoms with Crippen molar-refractivity contribution in [2.45, 2.75) is 17.4 Å². The summed E-state index contributed by atoms with van der Waals surface area (Å²) in [5, 5.41) is 4.03. The first-order chi connectivity index (χ1) is 9.98. The number of carbonyl (C=O) groups is 1. The fourth-order valence-corrected chi connectivity index (χ4v) is 4.86. The summed E-state index contributed by atoms with van der Waals surface area (Å²) in [6, 6.07) is 8.01. The highest BCUT2D eigenvalue weighted by molar-refractivity contribution is 8.21. The minimum atomic E-state index is -0.0273. The van der Waals surface area contributed by atoms with Gasteiger partial charge in [0.15, 0.2) is 0 Å². The number of hydrogen-bond donors (Lipinski definition) is 1. The van der Waals surface area contributed by atoms with Crippen LogP contribution in [-0.2, 0) is 4.79 Å². The summed E-state index contributed by atoms with van der Waals surface area (Å²) in [4.78, 5) is 13.9. The fourth-order valence-electron chi connectivity index (χ4n) is 2.03. The molecule has 21 heavy (non-hydrogen) atoms. The highest BCUT2D eigenvalue weighted by atomic mass is 32.2. The van der Waals surface area contributed by atoms with E-state index in [2.05, 4.69) is 17.5 Å². The van der Waals surface area contributed by atoms with Gasteiger partial charge in [0, 0.05) is 31.3 Å². The number of carbonyl (C=O) groups excluding carboxylic acids is 1. The number of benzene rings is 1. The molecule has 4 nitrogen and oxygen atoms in total. The number of rotatable bonds is 5. The molecule has 0 saturated carbocycles. The zero-order valence-corrected chi connectivity index (χ0v) is 14.3. The van der Waals surface area contributed by atoms with Gasteiger partial charge in [0.2, 0.25) is 5.91 Å². The van der Waals surface area contributed by atoms with Crippen LogP contribution >= 0.6 is 23.5 Å². The van der Waals surface area contributed by atoms with Crippen LogP contribution in [0, 0.1) is 0 Å². The zero-order valence-electron chi connectivity index (χ0n) is 12.6. The van der Waals surface area contributed by atoms with Gasteiger partial charge in [-0.3, -0.25) is 4.79 Å². The maximum atomic E-state index is 11.9. The van der Waals surface area contributed by atoms with E-state index in [1.807, 2.05) is 66.8 Å². The summed E-state index contributed by atoms with van der Waals surface area (Å²) in [6.45, 7) is 2.12. The molecular formula is C15H21N3OS2. The van der Waals surface area contributed by atoms with Crippen LogP contribution in [0.2, 0.25) is 0 Å². The number of nitrogens with zero attached hydrogens (tertiary/aromatic N) is 2. The summed E-state index contributed by atoms with van der Waals surface area (Å²) in [5.74, 6) is 2.21. The van der Waals surface area contributed by atoms with Crippen LogP contribution in [0.5, 0.6) is 0 Å². The minimum absolute atomic E-state index is 0.00691. The first kappa shape index (κ1) is 16.2. The molecule has 1 aromatic carbocycles. The molecule has 1 amide bonds. The predicted molar refractivity (Wildman–Crippen MR) is 94.4 cm³/mol. The largest absolute Gasteiger partial charge is 0.378 e. The molecule has 0 spiro atoms. The summed E-state index contributed by atoms with van der Waals surface area (Å²) in [6.07, 6.45) is 2.17. The van der Waals surface area contributed by atoms with Crippen LogP contribution in [0.25, 0.3) is 0 Å². The van der Waals surface area contributed by atoms with E-state index in [-0.39, 0.29) is 9.99 Å². The van der Waals surface area contributed by atoms with Gasteiger partial charge in [-0.05, 0) is 24.6 Å². The van der Waals surface area contributed by atoms with Crippen molar-refractivity contribution in [2.24, 2.45) is 5.10 Å². The van der Waals surface area contributed by atoms with Crippen LogP contribution in [-0.4, -0.2) is 41.8 Å². The van der Waals surface area contributed by atoms with E-state index in [1.165, 1.54) is 0 Å². The molecule has 1 aliphatic heterocycles. The Bertz CT molecular complexity index is 508. The number of thioether (sulfide) groups is 2. The number of anilines is 1. The van der Waals surface area contributed by atoms with Gasteiger partial charge in [-0.15, -0.1) is 23.5 Å².